The van der Waals surface area contributed by atoms with Gasteiger partial charge < -0.3 is 14.2 Å². The van der Waals surface area contributed by atoms with E-state index in [4.69, 9.17) is 14.2 Å². The molecule has 0 saturated carbocycles. The van der Waals surface area contributed by atoms with E-state index in [1.165, 1.54) is 0 Å². The van der Waals surface area contributed by atoms with Gasteiger partial charge in [-0.3, -0.25) is 0 Å². The van der Waals surface area contributed by atoms with Gasteiger partial charge >= 0.3 is 11.9 Å². The molecule has 1 aliphatic heterocycles. The molecule has 0 aromatic heterocycles. The molecule has 0 N–H and O–H groups in total. The quantitative estimate of drug-likeness (QED) is 0.812. The second kappa shape index (κ2) is 6.30. The highest BCUT2D eigenvalue weighted by molar-refractivity contribution is 5.94. The van der Waals surface area contributed by atoms with E-state index < -0.39 is 18.0 Å². The van der Waals surface area contributed by atoms with Crippen LogP contribution in [0.25, 0.3) is 0 Å². The van der Waals surface area contributed by atoms with E-state index in [1.54, 1.807) is 36.4 Å². The lowest BCUT2D eigenvalue weighted by atomic mass is 10.2. The minimum absolute atomic E-state index is 0.269. The van der Waals surface area contributed by atoms with Crippen LogP contribution in [0.2, 0.25) is 0 Å². The molecule has 1 saturated heterocycles. The van der Waals surface area contributed by atoms with Gasteiger partial charge in [-0.25, -0.2) is 9.59 Å². The van der Waals surface area contributed by atoms with Gasteiger partial charge in [0, 0.05) is 6.42 Å². The van der Waals surface area contributed by atoms with Crippen molar-refractivity contribution < 1.29 is 23.8 Å². The normalized spacial score (nSPS) is 16.9. The van der Waals surface area contributed by atoms with Gasteiger partial charge in [-0.2, -0.15) is 0 Å². The van der Waals surface area contributed by atoms with Gasteiger partial charge in [0.25, 0.3) is 0 Å². The van der Waals surface area contributed by atoms with Crippen molar-refractivity contribution in [2.45, 2.75) is 12.5 Å². The van der Waals surface area contributed by atoms with E-state index in [0.29, 0.717) is 17.9 Å². The molecule has 0 aliphatic carbocycles. The van der Waals surface area contributed by atoms with Crippen LogP contribution in [0.15, 0.2) is 54.6 Å². The summed E-state index contributed by atoms with van der Waals surface area (Å²) in [5, 5.41) is 0. The Morgan fingerprint density at radius 1 is 1.05 bits per heavy atom. The fraction of sp³-hybridized carbons (Fsp3) is 0.176. The van der Waals surface area contributed by atoms with Crippen molar-refractivity contribution in [3.63, 3.8) is 0 Å². The van der Waals surface area contributed by atoms with Crippen molar-refractivity contribution in [3.8, 4) is 11.5 Å². The number of carbonyl (C=O) groups excluding carboxylic acids is 2. The molecule has 1 heterocycles. The fourth-order valence-corrected chi connectivity index (χ4v) is 2.12. The van der Waals surface area contributed by atoms with Crippen molar-refractivity contribution in [2.75, 3.05) is 6.61 Å². The number of hydrogen-bond acceptors (Lipinski definition) is 5. The smallest absolute Gasteiger partial charge is 0.347 e. The first-order valence-electron chi connectivity index (χ1n) is 6.93. The van der Waals surface area contributed by atoms with Gasteiger partial charge in [-0.15, -0.1) is 0 Å². The summed E-state index contributed by atoms with van der Waals surface area (Å²) in [4.78, 5) is 23.6. The minimum atomic E-state index is -0.836. The number of hydrogen-bond donors (Lipinski definition) is 0. The van der Waals surface area contributed by atoms with Gasteiger partial charge in [0.1, 0.15) is 17.1 Å². The van der Waals surface area contributed by atoms with Gasteiger partial charge in [-0.1, -0.05) is 30.3 Å². The third-order valence-electron chi connectivity index (χ3n) is 3.21. The monoisotopic (exact) mass is 298 g/mol. The molecule has 0 amide bonds. The molecule has 5 heteroatoms. The first-order valence-corrected chi connectivity index (χ1v) is 6.93. The molecule has 2 aromatic rings. The summed E-state index contributed by atoms with van der Waals surface area (Å²) in [6, 6.07) is 15.9. The highest BCUT2D eigenvalue weighted by Crippen LogP contribution is 2.26. The predicted octanol–water partition coefficient (Wildman–Crippen LogP) is 2.95. The molecule has 0 unspecified atom stereocenters. The zero-order chi connectivity index (χ0) is 15.4. The maximum absolute atomic E-state index is 12.2. The Balaban J connectivity index is 1.78. The van der Waals surface area contributed by atoms with Crippen LogP contribution in [-0.2, 0) is 14.3 Å². The van der Waals surface area contributed by atoms with Crippen LogP contribution in [-0.4, -0.2) is 24.6 Å². The van der Waals surface area contributed by atoms with Gasteiger partial charge in [0.05, 0.1) is 6.61 Å². The molecule has 22 heavy (non-hydrogen) atoms. The Kier molecular flexibility index (Phi) is 4.05. The number of benzene rings is 2. The number of para-hydroxylation sites is 2. The average molecular weight is 298 g/mol. The van der Waals surface area contributed by atoms with E-state index in [1.807, 2.05) is 18.2 Å². The average Bonchev–Trinajstić information content (AvgIpc) is 2.94. The Bertz CT molecular complexity index is 680. The van der Waals surface area contributed by atoms with Gasteiger partial charge in [0.2, 0.25) is 6.10 Å². The summed E-state index contributed by atoms with van der Waals surface area (Å²) in [5.74, 6) is -0.113. The molecule has 1 aliphatic rings. The van der Waals surface area contributed by atoms with Crippen LogP contribution in [0.5, 0.6) is 11.5 Å². The molecule has 0 spiro atoms. The van der Waals surface area contributed by atoms with E-state index in [0.717, 1.165) is 0 Å². The summed E-state index contributed by atoms with van der Waals surface area (Å²) in [6.45, 7) is 0.277. The van der Waals surface area contributed by atoms with Crippen LogP contribution in [0.4, 0.5) is 0 Å². The lowest BCUT2D eigenvalue weighted by molar-refractivity contribution is -0.145. The maximum atomic E-state index is 12.2. The minimum Gasteiger partial charge on any atom is -0.463 e. The Morgan fingerprint density at radius 2 is 1.77 bits per heavy atom. The first-order chi connectivity index (χ1) is 10.7. The van der Waals surface area contributed by atoms with Crippen molar-refractivity contribution >= 4 is 11.9 Å². The van der Waals surface area contributed by atoms with E-state index in [9.17, 15) is 9.59 Å². The lowest BCUT2D eigenvalue weighted by Crippen LogP contribution is -2.22. The lowest BCUT2D eigenvalue weighted by Gasteiger charge is -2.12. The van der Waals surface area contributed by atoms with E-state index in [-0.39, 0.29) is 12.2 Å². The van der Waals surface area contributed by atoms with Crippen molar-refractivity contribution in [2.24, 2.45) is 0 Å². The van der Waals surface area contributed by atoms with Crippen LogP contribution in [0, 0.1) is 0 Å². The molecule has 5 nitrogen and oxygen atoms in total. The number of esters is 2. The van der Waals surface area contributed by atoms with Crippen LogP contribution in [0.1, 0.15) is 16.8 Å². The zero-order valence-corrected chi connectivity index (χ0v) is 11.7. The molecule has 0 bridgehead atoms. The molecule has 1 fully saturated rings. The summed E-state index contributed by atoms with van der Waals surface area (Å²) < 4.78 is 15.7. The second-order valence-corrected chi connectivity index (χ2v) is 4.76. The van der Waals surface area contributed by atoms with Crippen molar-refractivity contribution in [1.82, 2.24) is 0 Å². The molecular weight excluding hydrogens is 284 g/mol. The van der Waals surface area contributed by atoms with E-state index in [2.05, 4.69) is 0 Å². The van der Waals surface area contributed by atoms with E-state index >= 15 is 0 Å². The van der Waals surface area contributed by atoms with Crippen molar-refractivity contribution in [3.05, 3.63) is 60.2 Å². The summed E-state index contributed by atoms with van der Waals surface area (Å²) in [7, 11) is 0. The van der Waals surface area contributed by atoms with Crippen LogP contribution < -0.4 is 4.74 Å². The third-order valence-corrected chi connectivity index (χ3v) is 3.21. The van der Waals surface area contributed by atoms with Crippen LogP contribution in [0.3, 0.4) is 0 Å². The molecule has 112 valence electrons. The SMILES string of the molecule is O=C(O[C@@H]1CCOC1=O)c1ccccc1Oc1ccccc1. The zero-order valence-electron chi connectivity index (χ0n) is 11.7. The third kappa shape index (κ3) is 3.09. The predicted molar refractivity (Wildman–Crippen MR) is 77.7 cm³/mol. The van der Waals surface area contributed by atoms with Gasteiger partial charge in [-0.05, 0) is 24.3 Å². The molecule has 3 rings (SSSR count). The highest BCUT2D eigenvalue weighted by atomic mass is 16.6. The number of carbonyl (C=O) groups is 2. The largest absolute Gasteiger partial charge is 0.463 e. The topological polar surface area (TPSA) is 61.8 Å². The van der Waals surface area contributed by atoms with Gasteiger partial charge in [0.15, 0.2) is 0 Å². The second-order valence-electron chi connectivity index (χ2n) is 4.76. The number of ether oxygens (including phenoxy) is 3. The Morgan fingerprint density at radius 3 is 2.50 bits per heavy atom. The fourth-order valence-electron chi connectivity index (χ4n) is 2.12. The summed E-state index contributed by atoms with van der Waals surface area (Å²) >= 11 is 0. The van der Waals surface area contributed by atoms with Crippen molar-refractivity contribution in [1.29, 1.82) is 0 Å². The summed E-state index contributed by atoms with van der Waals surface area (Å²) in [5.41, 5.74) is 0.269. The molecular formula is C17H14O5. The standard InChI is InChI=1S/C17H14O5/c18-16(22-15-10-11-20-17(15)19)13-8-4-5-9-14(13)21-12-6-2-1-3-7-12/h1-9,15H,10-11H2/t15-/m1/s1. The van der Waals surface area contributed by atoms with Crippen LogP contribution >= 0.6 is 0 Å². The molecule has 2 aromatic carbocycles. The Labute approximate surface area is 127 Å². The number of rotatable bonds is 4. The first kappa shape index (κ1) is 14.1. The number of cyclic esters (lactones) is 1. The summed E-state index contributed by atoms with van der Waals surface area (Å²) in [6.07, 6.45) is -0.455. The maximum Gasteiger partial charge on any atom is 0.347 e. The highest BCUT2D eigenvalue weighted by Gasteiger charge is 2.31. The molecule has 0 radical (unpaired) electrons. The molecule has 1 atom stereocenters. The Hall–Kier alpha value is -2.82.